The number of aliphatic hydroxyl groups excluding tert-OH is 1. The molecule has 0 spiro atoms. The number of aromatic nitrogens is 1. The second kappa shape index (κ2) is 6.34. The lowest BCUT2D eigenvalue weighted by Crippen LogP contribution is -2.03. The van der Waals surface area contributed by atoms with Crippen LogP contribution >= 0.6 is 0 Å². The molecule has 106 valence electrons. The van der Waals surface area contributed by atoms with Crippen molar-refractivity contribution in [3.05, 3.63) is 53.5 Å². The molecule has 1 N–H and O–H groups in total. The quantitative estimate of drug-likeness (QED) is 0.913. The first-order chi connectivity index (χ1) is 9.60. The minimum atomic E-state index is -0.807. The highest BCUT2D eigenvalue weighted by Gasteiger charge is 2.11. The topological polar surface area (TPSA) is 51.6 Å². The zero-order valence-electron chi connectivity index (χ0n) is 11.3. The van der Waals surface area contributed by atoms with Crippen LogP contribution in [0.25, 0.3) is 0 Å². The molecular weight excluding hydrogens is 261 g/mol. The van der Waals surface area contributed by atoms with Crippen LogP contribution in [0.1, 0.15) is 24.3 Å². The van der Waals surface area contributed by atoms with Crippen molar-refractivity contribution >= 4 is 0 Å². The van der Waals surface area contributed by atoms with Gasteiger partial charge in [-0.15, -0.1) is 0 Å². The Bertz CT molecular complexity index is 587. The summed E-state index contributed by atoms with van der Waals surface area (Å²) in [6.45, 7) is 1.77. The summed E-state index contributed by atoms with van der Waals surface area (Å²) in [5.41, 5.74) is 1.10. The molecule has 0 bridgehead atoms. The smallest absolute Gasteiger partial charge is 0.213 e. The van der Waals surface area contributed by atoms with Crippen LogP contribution in [0.15, 0.2) is 36.4 Å². The third-order valence-corrected chi connectivity index (χ3v) is 2.79. The number of ether oxygens (including phenoxy) is 2. The average Bonchev–Trinajstić information content (AvgIpc) is 2.46. The molecule has 0 aliphatic rings. The number of methoxy groups -OCH3 is 1. The zero-order valence-corrected chi connectivity index (χ0v) is 11.3. The van der Waals surface area contributed by atoms with Crippen LogP contribution in [-0.4, -0.2) is 17.2 Å². The lowest BCUT2D eigenvalue weighted by molar-refractivity contribution is 0.189. The zero-order chi connectivity index (χ0) is 14.5. The Morgan fingerprint density at radius 3 is 2.80 bits per heavy atom. The lowest BCUT2D eigenvalue weighted by atomic mass is 10.1. The predicted octanol–water partition coefficient (Wildman–Crippen LogP) is 2.86. The SMILES string of the molecule is COc1cccc(COc2ccc(F)cc2C(C)O)n1. The molecule has 0 aliphatic heterocycles. The highest BCUT2D eigenvalue weighted by Crippen LogP contribution is 2.26. The molecule has 1 heterocycles. The molecule has 1 aromatic carbocycles. The fourth-order valence-electron chi connectivity index (χ4n) is 1.78. The van der Waals surface area contributed by atoms with Crippen LogP contribution in [0, 0.1) is 5.82 Å². The summed E-state index contributed by atoms with van der Waals surface area (Å²) in [6, 6.07) is 9.40. The van der Waals surface area contributed by atoms with Crippen molar-refractivity contribution < 1.29 is 19.0 Å². The Hall–Kier alpha value is -2.14. The van der Waals surface area contributed by atoms with Gasteiger partial charge in [0.1, 0.15) is 18.2 Å². The van der Waals surface area contributed by atoms with Crippen molar-refractivity contribution in [3.63, 3.8) is 0 Å². The van der Waals surface area contributed by atoms with Gasteiger partial charge in [0.2, 0.25) is 5.88 Å². The van der Waals surface area contributed by atoms with Gasteiger partial charge in [-0.3, -0.25) is 0 Å². The summed E-state index contributed by atoms with van der Waals surface area (Å²) in [6.07, 6.45) is -0.807. The number of nitrogens with zero attached hydrogens (tertiary/aromatic N) is 1. The van der Waals surface area contributed by atoms with Crippen LogP contribution in [-0.2, 0) is 6.61 Å². The number of pyridine rings is 1. The van der Waals surface area contributed by atoms with E-state index in [9.17, 15) is 9.50 Å². The van der Waals surface area contributed by atoms with Crippen LogP contribution in [0.4, 0.5) is 4.39 Å². The number of hydrogen-bond donors (Lipinski definition) is 1. The van der Waals surface area contributed by atoms with Gasteiger partial charge in [-0.25, -0.2) is 9.37 Å². The second-order valence-corrected chi connectivity index (χ2v) is 4.32. The highest BCUT2D eigenvalue weighted by molar-refractivity contribution is 5.35. The Kier molecular flexibility index (Phi) is 4.53. The number of rotatable bonds is 5. The Morgan fingerprint density at radius 1 is 1.30 bits per heavy atom. The van der Waals surface area contributed by atoms with Crippen molar-refractivity contribution in [2.75, 3.05) is 7.11 Å². The van der Waals surface area contributed by atoms with E-state index in [1.807, 2.05) is 6.07 Å². The van der Waals surface area contributed by atoms with Crippen LogP contribution in [0.2, 0.25) is 0 Å². The van der Waals surface area contributed by atoms with Crippen molar-refractivity contribution in [1.29, 1.82) is 0 Å². The second-order valence-electron chi connectivity index (χ2n) is 4.32. The third kappa shape index (κ3) is 3.45. The van der Waals surface area contributed by atoms with Gasteiger partial charge in [0.05, 0.1) is 18.9 Å². The van der Waals surface area contributed by atoms with Crippen molar-refractivity contribution in [3.8, 4) is 11.6 Å². The van der Waals surface area contributed by atoms with Gasteiger partial charge in [-0.2, -0.15) is 0 Å². The Labute approximate surface area is 116 Å². The van der Waals surface area contributed by atoms with E-state index in [0.717, 1.165) is 0 Å². The standard InChI is InChI=1S/C15H16FNO3/c1-10(18)13-8-11(16)6-7-14(13)20-9-12-4-3-5-15(17-12)19-2/h3-8,10,18H,9H2,1-2H3. The fraction of sp³-hybridized carbons (Fsp3) is 0.267. The molecule has 5 heteroatoms. The minimum absolute atomic E-state index is 0.211. The van der Waals surface area contributed by atoms with Gasteiger partial charge in [0.15, 0.2) is 0 Å². The van der Waals surface area contributed by atoms with E-state index in [2.05, 4.69) is 4.98 Å². The number of aliphatic hydroxyl groups is 1. The molecule has 1 unspecified atom stereocenters. The molecule has 0 radical (unpaired) electrons. The van der Waals surface area contributed by atoms with E-state index >= 15 is 0 Å². The van der Waals surface area contributed by atoms with E-state index in [1.54, 1.807) is 26.2 Å². The largest absolute Gasteiger partial charge is 0.487 e. The normalized spacial score (nSPS) is 12.0. The first-order valence-corrected chi connectivity index (χ1v) is 6.20. The predicted molar refractivity (Wildman–Crippen MR) is 72.2 cm³/mol. The van der Waals surface area contributed by atoms with Crippen LogP contribution < -0.4 is 9.47 Å². The summed E-state index contributed by atoms with van der Waals surface area (Å²) >= 11 is 0. The molecule has 1 aromatic heterocycles. The maximum atomic E-state index is 13.2. The van der Waals surface area contributed by atoms with E-state index in [-0.39, 0.29) is 6.61 Å². The van der Waals surface area contributed by atoms with E-state index in [1.165, 1.54) is 18.2 Å². The van der Waals surface area contributed by atoms with Crippen molar-refractivity contribution in [1.82, 2.24) is 4.98 Å². The summed E-state index contributed by atoms with van der Waals surface area (Å²) < 4.78 is 23.8. The van der Waals surface area contributed by atoms with E-state index in [0.29, 0.717) is 22.9 Å². The highest BCUT2D eigenvalue weighted by atomic mass is 19.1. The molecule has 1 atom stereocenters. The lowest BCUT2D eigenvalue weighted by Gasteiger charge is -2.13. The van der Waals surface area contributed by atoms with Crippen molar-refractivity contribution in [2.24, 2.45) is 0 Å². The van der Waals surface area contributed by atoms with Gasteiger partial charge in [-0.05, 0) is 31.2 Å². The van der Waals surface area contributed by atoms with Gasteiger partial charge in [0, 0.05) is 11.6 Å². The Balaban J connectivity index is 2.14. The Morgan fingerprint density at radius 2 is 2.10 bits per heavy atom. The summed E-state index contributed by atoms with van der Waals surface area (Å²) in [5, 5.41) is 9.63. The average molecular weight is 277 g/mol. The minimum Gasteiger partial charge on any atom is -0.487 e. The number of hydrogen-bond acceptors (Lipinski definition) is 4. The summed E-state index contributed by atoms with van der Waals surface area (Å²) in [7, 11) is 1.54. The fourth-order valence-corrected chi connectivity index (χ4v) is 1.78. The van der Waals surface area contributed by atoms with Crippen LogP contribution in [0.5, 0.6) is 11.6 Å². The molecular formula is C15H16FNO3. The monoisotopic (exact) mass is 277 g/mol. The summed E-state index contributed by atoms with van der Waals surface area (Å²) in [4.78, 5) is 4.21. The van der Waals surface area contributed by atoms with E-state index in [4.69, 9.17) is 9.47 Å². The van der Waals surface area contributed by atoms with Gasteiger partial charge >= 0.3 is 0 Å². The van der Waals surface area contributed by atoms with Crippen molar-refractivity contribution in [2.45, 2.75) is 19.6 Å². The molecule has 0 amide bonds. The molecule has 0 fully saturated rings. The molecule has 0 saturated heterocycles. The third-order valence-electron chi connectivity index (χ3n) is 2.79. The molecule has 4 nitrogen and oxygen atoms in total. The molecule has 20 heavy (non-hydrogen) atoms. The number of benzene rings is 1. The van der Waals surface area contributed by atoms with Gasteiger partial charge < -0.3 is 14.6 Å². The van der Waals surface area contributed by atoms with Crippen LogP contribution in [0.3, 0.4) is 0 Å². The molecule has 0 aliphatic carbocycles. The first-order valence-electron chi connectivity index (χ1n) is 6.20. The van der Waals surface area contributed by atoms with E-state index < -0.39 is 11.9 Å². The maximum absolute atomic E-state index is 13.2. The van der Waals surface area contributed by atoms with Gasteiger partial charge in [0.25, 0.3) is 0 Å². The summed E-state index contributed by atoms with van der Waals surface area (Å²) in [5.74, 6) is 0.528. The first kappa shape index (κ1) is 14.3. The molecule has 2 aromatic rings. The maximum Gasteiger partial charge on any atom is 0.213 e. The molecule has 0 saturated carbocycles. The number of halogens is 1. The molecule has 2 rings (SSSR count). The van der Waals surface area contributed by atoms with Gasteiger partial charge in [-0.1, -0.05) is 6.07 Å².